The number of aliphatic hydroxyl groups is 1. The van der Waals surface area contributed by atoms with Crippen molar-refractivity contribution in [2.75, 3.05) is 6.54 Å². The van der Waals surface area contributed by atoms with E-state index in [9.17, 15) is 32.7 Å². The van der Waals surface area contributed by atoms with Crippen LogP contribution in [0, 0.1) is 19.7 Å². The first-order chi connectivity index (χ1) is 18.9. The van der Waals surface area contributed by atoms with Gasteiger partial charge in [-0.1, -0.05) is 42.5 Å². The van der Waals surface area contributed by atoms with E-state index in [0.717, 1.165) is 11.3 Å². The smallest absolute Gasteiger partial charge is 0.267 e. The van der Waals surface area contributed by atoms with Gasteiger partial charge >= 0.3 is 0 Å². The minimum Gasteiger partial charge on any atom is -0.381 e. The third-order valence-corrected chi connectivity index (χ3v) is 7.64. The van der Waals surface area contributed by atoms with E-state index in [1.807, 2.05) is 0 Å². The number of hydrogen-bond donors (Lipinski definition) is 3. The number of nitrogens with zero attached hydrogens (tertiary/aromatic N) is 2. The van der Waals surface area contributed by atoms with Crippen molar-refractivity contribution in [2.24, 2.45) is 0 Å². The van der Waals surface area contributed by atoms with E-state index in [1.54, 1.807) is 50.2 Å². The number of benzene rings is 2. The summed E-state index contributed by atoms with van der Waals surface area (Å²) in [7, 11) is 0. The van der Waals surface area contributed by atoms with Crippen LogP contribution in [0.4, 0.5) is 13.2 Å². The molecule has 2 aromatic carbocycles. The number of aromatic nitrogens is 1. The molecule has 3 aromatic rings. The molecule has 8 nitrogen and oxygen atoms in total. The Morgan fingerprint density at radius 3 is 2.48 bits per heavy atom. The predicted molar refractivity (Wildman–Crippen MR) is 142 cm³/mol. The molecule has 0 spiro atoms. The molecule has 1 aromatic heterocycles. The van der Waals surface area contributed by atoms with E-state index in [1.165, 1.54) is 18.2 Å². The number of carbonyl (C=O) groups excluding carboxylic acids is 3. The maximum absolute atomic E-state index is 14.5. The fraction of sp³-hybridized carbons (Fsp3) is 0.357. The summed E-state index contributed by atoms with van der Waals surface area (Å²) in [6, 6.07) is 11.4. The average molecular weight is 575 g/mol. The van der Waals surface area contributed by atoms with E-state index in [2.05, 4.69) is 15.6 Å². The molecule has 1 aliphatic rings. The molecule has 0 bridgehead atoms. The van der Waals surface area contributed by atoms with Crippen molar-refractivity contribution in [1.29, 1.82) is 0 Å². The molecule has 0 saturated carbocycles. The van der Waals surface area contributed by atoms with Crippen LogP contribution >= 0.6 is 11.3 Å². The summed E-state index contributed by atoms with van der Waals surface area (Å²) in [6.07, 6.45) is -2.84. The highest BCUT2D eigenvalue weighted by Gasteiger charge is 2.51. The highest BCUT2D eigenvalue weighted by atomic mass is 32.1. The van der Waals surface area contributed by atoms with Gasteiger partial charge in [0, 0.05) is 13.0 Å². The number of halogens is 3. The molecule has 3 amide bonds. The summed E-state index contributed by atoms with van der Waals surface area (Å²) in [5, 5.41) is 16.9. The molecule has 0 aliphatic carbocycles. The van der Waals surface area contributed by atoms with Gasteiger partial charge in [0.15, 0.2) is 6.10 Å². The second-order valence-electron chi connectivity index (χ2n) is 9.75. The lowest BCUT2D eigenvalue weighted by Crippen LogP contribution is -2.55. The molecular weight excluding hydrogens is 545 g/mol. The molecule has 2 heterocycles. The fourth-order valence-electron chi connectivity index (χ4n) is 4.66. The number of hydrogen-bond acceptors (Lipinski definition) is 6. The van der Waals surface area contributed by atoms with E-state index < -0.39 is 60.6 Å². The lowest BCUT2D eigenvalue weighted by atomic mass is 9.99. The number of thiazole rings is 1. The molecule has 3 atom stereocenters. The number of aryl methyl sites for hydroxylation is 2. The summed E-state index contributed by atoms with van der Waals surface area (Å²) >= 11 is 1.15. The number of nitrogens with one attached hydrogen (secondary N) is 2. The third kappa shape index (κ3) is 7.05. The van der Waals surface area contributed by atoms with Crippen LogP contribution in [0.2, 0.25) is 0 Å². The Morgan fingerprint density at radius 2 is 1.82 bits per heavy atom. The largest absolute Gasteiger partial charge is 0.381 e. The van der Waals surface area contributed by atoms with Crippen LogP contribution in [-0.2, 0) is 22.6 Å². The van der Waals surface area contributed by atoms with Crippen molar-refractivity contribution < 1.29 is 32.7 Å². The predicted octanol–water partition coefficient (Wildman–Crippen LogP) is 3.15. The summed E-state index contributed by atoms with van der Waals surface area (Å²) < 4.78 is 42.5. The quantitative estimate of drug-likeness (QED) is 0.364. The van der Waals surface area contributed by atoms with Crippen molar-refractivity contribution in [1.82, 2.24) is 20.5 Å². The van der Waals surface area contributed by atoms with E-state index in [-0.39, 0.29) is 13.0 Å². The molecular formula is C28H29F3N4O4S. The van der Waals surface area contributed by atoms with E-state index >= 15 is 0 Å². The van der Waals surface area contributed by atoms with Crippen LogP contribution < -0.4 is 10.6 Å². The summed E-state index contributed by atoms with van der Waals surface area (Å²) in [6.45, 7) is 2.19. The van der Waals surface area contributed by atoms with Crippen molar-refractivity contribution in [3.8, 4) is 0 Å². The van der Waals surface area contributed by atoms with Gasteiger partial charge in [-0.05, 0) is 43.5 Å². The van der Waals surface area contributed by atoms with E-state index in [4.69, 9.17) is 0 Å². The highest BCUT2D eigenvalue weighted by molar-refractivity contribution is 7.13. The van der Waals surface area contributed by atoms with Gasteiger partial charge in [0.1, 0.15) is 16.7 Å². The minimum atomic E-state index is -3.37. The second kappa shape index (κ2) is 12.2. The first kappa shape index (κ1) is 29.2. The molecule has 0 radical (unpaired) electrons. The van der Waals surface area contributed by atoms with Gasteiger partial charge in [0.25, 0.3) is 17.7 Å². The van der Waals surface area contributed by atoms with Crippen LogP contribution in [0.15, 0.2) is 54.6 Å². The standard InChI is InChI=1S/C28H29F3N4O4S/c1-16-24(40-17(2)33-16)26(38)34-21(12-18-7-4-3-5-8-18)23(36)27(39)35-15-28(30,31)13-22(35)25(37)32-14-19-9-6-10-20(29)11-19/h3-11,21-23,36H,12-15H2,1-2H3,(H,32,37)(H,34,38). The zero-order valence-electron chi connectivity index (χ0n) is 21.9. The first-order valence-corrected chi connectivity index (χ1v) is 13.4. The minimum absolute atomic E-state index is 0.0248. The number of aliphatic hydroxyl groups excluding tert-OH is 1. The Labute approximate surface area is 233 Å². The third-order valence-electron chi connectivity index (χ3n) is 6.57. The van der Waals surface area contributed by atoms with Gasteiger partial charge in [-0.25, -0.2) is 18.2 Å². The van der Waals surface area contributed by atoms with Gasteiger partial charge in [-0.3, -0.25) is 14.4 Å². The topological polar surface area (TPSA) is 112 Å². The van der Waals surface area contributed by atoms with Crippen LogP contribution in [0.25, 0.3) is 0 Å². The maximum Gasteiger partial charge on any atom is 0.267 e. The monoisotopic (exact) mass is 574 g/mol. The maximum atomic E-state index is 14.5. The molecule has 212 valence electrons. The summed E-state index contributed by atoms with van der Waals surface area (Å²) in [5.41, 5.74) is 1.58. The van der Waals surface area contributed by atoms with Crippen molar-refractivity contribution in [2.45, 2.75) is 57.3 Å². The Kier molecular flexibility index (Phi) is 8.89. The molecule has 40 heavy (non-hydrogen) atoms. The van der Waals surface area contributed by atoms with Gasteiger partial charge in [0.05, 0.1) is 23.3 Å². The molecule has 12 heteroatoms. The van der Waals surface area contributed by atoms with Crippen LogP contribution in [-0.4, -0.2) is 63.4 Å². The normalized spacial score (nSPS) is 17.8. The van der Waals surface area contributed by atoms with Crippen LogP contribution in [0.5, 0.6) is 0 Å². The molecule has 1 fully saturated rings. The van der Waals surface area contributed by atoms with Gasteiger partial charge < -0.3 is 20.6 Å². The molecule has 3 unspecified atom stereocenters. The summed E-state index contributed by atoms with van der Waals surface area (Å²) in [5.74, 6) is -6.42. The molecule has 4 rings (SSSR count). The molecule has 3 N–H and O–H groups in total. The molecule has 1 aliphatic heterocycles. The Hall–Kier alpha value is -3.77. The number of likely N-dealkylation sites (tertiary alicyclic amines) is 1. The first-order valence-electron chi connectivity index (χ1n) is 12.6. The Morgan fingerprint density at radius 1 is 1.12 bits per heavy atom. The van der Waals surface area contributed by atoms with Crippen LogP contribution in [0.3, 0.4) is 0 Å². The number of amides is 3. The lowest BCUT2D eigenvalue weighted by Gasteiger charge is -2.30. The molecule has 1 saturated heterocycles. The highest BCUT2D eigenvalue weighted by Crippen LogP contribution is 2.33. The Bertz CT molecular complexity index is 1380. The second-order valence-corrected chi connectivity index (χ2v) is 11.0. The number of carbonyl (C=O) groups is 3. The van der Waals surface area contributed by atoms with Gasteiger partial charge in [-0.15, -0.1) is 11.3 Å². The van der Waals surface area contributed by atoms with Crippen LogP contribution in [0.1, 0.15) is 37.9 Å². The SMILES string of the molecule is Cc1nc(C)c(C(=O)NC(Cc2ccccc2)C(O)C(=O)N2CC(F)(F)CC2C(=O)NCc2cccc(F)c2)s1. The summed E-state index contributed by atoms with van der Waals surface area (Å²) in [4.78, 5) is 44.6. The fourth-order valence-corrected chi connectivity index (χ4v) is 5.49. The van der Waals surface area contributed by atoms with E-state index in [0.29, 0.717) is 31.6 Å². The lowest BCUT2D eigenvalue weighted by molar-refractivity contribution is -0.147. The zero-order valence-corrected chi connectivity index (χ0v) is 22.7. The number of rotatable bonds is 9. The van der Waals surface area contributed by atoms with Crippen molar-refractivity contribution >= 4 is 29.1 Å². The van der Waals surface area contributed by atoms with Crippen molar-refractivity contribution in [3.05, 3.63) is 87.1 Å². The number of alkyl halides is 2. The van der Waals surface area contributed by atoms with Gasteiger partial charge in [-0.2, -0.15) is 0 Å². The van der Waals surface area contributed by atoms with Gasteiger partial charge in [0.2, 0.25) is 5.91 Å². The average Bonchev–Trinajstić information content (AvgIpc) is 3.43. The van der Waals surface area contributed by atoms with Crippen molar-refractivity contribution in [3.63, 3.8) is 0 Å². The zero-order chi connectivity index (χ0) is 29.0. The Balaban J connectivity index is 1.53.